The van der Waals surface area contributed by atoms with Crippen molar-refractivity contribution >= 4 is 26.0 Å². The van der Waals surface area contributed by atoms with Gasteiger partial charge in [-0.3, -0.25) is 4.79 Å². The number of nitrogens with zero attached hydrogens (tertiary/aromatic N) is 2. The fraction of sp³-hybridized carbons (Fsp3) is 0.562. The van der Waals surface area contributed by atoms with Gasteiger partial charge in [0.05, 0.1) is 30.1 Å². The van der Waals surface area contributed by atoms with Crippen LogP contribution in [0.1, 0.15) is 13.3 Å². The number of morpholine rings is 1. The number of esters is 1. The molecule has 1 saturated heterocycles. The summed E-state index contributed by atoms with van der Waals surface area (Å²) >= 11 is 0. The number of carbonyl (C=O) groups excluding carboxylic acids is 1. The van der Waals surface area contributed by atoms with Gasteiger partial charge in [-0.1, -0.05) is 6.92 Å². The number of methoxy groups -OCH3 is 1. The van der Waals surface area contributed by atoms with E-state index in [0.29, 0.717) is 19.6 Å². The standard InChI is InChI=1S/C16H24N2O7S2/c1-3-8-18(13-16(19)24-2)27(22,23)15-6-4-14(5-7-15)26(20,21)17-9-11-25-12-10-17/h4-7H,3,8-13H2,1-2H3. The second-order valence-electron chi connectivity index (χ2n) is 5.90. The number of rotatable bonds is 8. The molecule has 0 spiro atoms. The summed E-state index contributed by atoms with van der Waals surface area (Å²) in [6.45, 7) is 2.69. The highest BCUT2D eigenvalue weighted by Gasteiger charge is 2.29. The van der Waals surface area contributed by atoms with Gasteiger partial charge in [0.25, 0.3) is 0 Å². The topological polar surface area (TPSA) is 110 Å². The van der Waals surface area contributed by atoms with E-state index in [9.17, 15) is 21.6 Å². The van der Waals surface area contributed by atoms with Crippen molar-refractivity contribution < 1.29 is 31.1 Å². The van der Waals surface area contributed by atoms with Crippen LogP contribution < -0.4 is 0 Å². The van der Waals surface area contributed by atoms with Crippen LogP contribution in [0.5, 0.6) is 0 Å². The fourth-order valence-electron chi connectivity index (χ4n) is 2.61. The van der Waals surface area contributed by atoms with E-state index in [0.717, 1.165) is 4.31 Å². The van der Waals surface area contributed by atoms with Gasteiger partial charge in [-0.25, -0.2) is 16.8 Å². The number of ether oxygens (including phenoxy) is 2. The van der Waals surface area contributed by atoms with Gasteiger partial charge in [0.2, 0.25) is 20.0 Å². The first-order chi connectivity index (χ1) is 12.7. The monoisotopic (exact) mass is 420 g/mol. The Morgan fingerprint density at radius 2 is 1.67 bits per heavy atom. The highest BCUT2D eigenvalue weighted by molar-refractivity contribution is 7.89. The zero-order valence-corrected chi connectivity index (χ0v) is 17.0. The largest absolute Gasteiger partial charge is 0.468 e. The maximum atomic E-state index is 12.8. The molecule has 0 aromatic heterocycles. The quantitative estimate of drug-likeness (QED) is 0.556. The van der Waals surface area contributed by atoms with Crippen LogP contribution in [0.3, 0.4) is 0 Å². The van der Waals surface area contributed by atoms with Crippen LogP contribution in [-0.2, 0) is 34.3 Å². The van der Waals surface area contributed by atoms with Gasteiger partial charge >= 0.3 is 5.97 Å². The van der Waals surface area contributed by atoms with Crippen LogP contribution in [-0.4, -0.2) is 77.9 Å². The van der Waals surface area contributed by atoms with Gasteiger partial charge in [-0.15, -0.1) is 0 Å². The summed E-state index contributed by atoms with van der Waals surface area (Å²) in [6.07, 6.45) is 0.514. The summed E-state index contributed by atoms with van der Waals surface area (Å²) in [7, 11) is -6.47. The Morgan fingerprint density at radius 3 is 2.19 bits per heavy atom. The van der Waals surface area contributed by atoms with Crippen molar-refractivity contribution in [2.45, 2.75) is 23.1 Å². The molecule has 1 aliphatic rings. The second-order valence-corrected chi connectivity index (χ2v) is 9.78. The third-order valence-corrected chi connectivity index (χ3v) is 7.85. The van der Waals surface area contributed by atoms with E-state index in [1.165, 1.54) is 35.7 Å². The van der Waals surface area contributed by atoms with E-state index in [-0.39, 0.29) is 29.4 Å². The fourth-order valence-corrected chi connectivity index (χ4v) is 5.50. The lowest BCUT2D eigenvalue weighted by molar-refractivity contribution is -0.140. The first-order valence-corrected chi connectivity index (χ1v) is 11.4. The highest BCUT2D eigenvalue weighted by atomic mass is 32.2. The Labute approximate surface area is 160 Å². The molecule has 0 radical (unpaired) electrons. The summed E-state index contributed by atoms with van der Waals surface area (Å²) in [4.78, 5) is 11.4. The molecule has 27 heavy (non-hydrogen) atoms. The van der Waals surface area contributed by atoms with E-state index in [2.05, 4.69) is 4.74 Å². The normalized spacial score (nSPS) is 16.4. The van der Waals surface area contributed by atoms with Crippen LogP contribution in [0.2, 0.25) is 0 Å². The number of sulfonamides is 2. The molecular weight excluding hydrogens is 396 g/mol. The first kappa shape index (κ1) is 21.8. The smallest absolute Gasteiger partial charge is 0.321 e. The molecule has 0 N–H and O–H groups in total. The molecule has 1 aromatic carbocycles. The molecule has 0 amide bonds. The molecule has 11 heteroatoms. The van der Waals surface area contributed by atoms with Crippen LogP contribution >= 0.6 is 0 Å². The number of hydrogen-bond acceptors (Lipinski definition) is 7. The average molecular weight is 421 g/mol. The number of hydrogen-bond donors (Lipinski definition) is 0. The Kier molecular flexibility index (Phi) is 7.34. The summed E-state index contributed by atoms with van der Waals surface area (Å²) in [6, 6.07) is 5.01. The van der Waals surface area contributed by atoms with Crippen LogP contribution in [0, 0.1) is 0 Å². The molecule has 1 fully saturated rings. The van der Waals surface area contributed by atoms with Gasteiger partial charge in [-0.2, -0.15) is 8.61 Å². The summed E-state index contributed by atoms with van der Waals surface area (Å²) in [5.41, 5.74) is 0. The summed E-state index contributed by atoms with van der Waals surface area (Å²) in [5, 5.41) is 0. The second kappa shape index (κ2) is 9.11. The van der Waals surface area contributed by atoms with Crippen molar-refractivity contribution in [3.8, 4) is 0 Å². The van der Waals surface area contributed by atoms with Crippen LogP contribution in [0.15, 0.2) is 34.1 Å². The minimum absolute atomic E-state index is 0.0124. The predicted molar refractivity (Wildman–Crippen MR) is 97.1 cm³/mol. The maximum Gasteiger partial charge on any atom is 0.321 e. The molecule has 1 aliphatic heterocycles. The summed E-state index contributed by atoms with van der Waals surface area (Å²) in [5.74, 6) is -0.668. The van der Waals surface area contributed by atoms with Gasteiger partial charge < -0.3 is 9.47 Å². The molecule has 1 heterocycles. The molecule has 9 nitrogen and oxygen atoms in total. The molecule has 2 rings (SSSR count). The Balaban J connectivity index is 2.27. The van der Waals surface area contributed by atoms with Crippen molar-refractivity contribution in [3.63, 3.8) is 0 Å². The zero-order valence-electron chi connectivity index (χ0n) is 15.3. The van der Waals surface area contributed by atoms with Crippen molar-refractivity contribution in [3.05, 3.63) is 24.3 Å². The molecule has 1 aromatic rings. The highest BCUT2D eigenvalue weighted by Crippen LogP contribution is 2.21. The minimum Gasteiger partial charge on any atom is -0.468 e. The number of benzene rings is 1. The predicted octanol–water partition coefficient (Wildman–Crippen LogP) is 0.281. The third kappa shape index (κ3) is 5.05. The van der Waals surface area contributed by atoms with Gasteiger partial charge in [-0.05, 0) is 30.7 Å². The zero-order chi connectivity index (χ0) is 20.1. The molecule has 0 aliphatic carbocycles. The molecule has 0 atom stereocenters. The van der Waals surface area contributed by atoms with E-state index >= 15 is 0 Å². The van der Waals surface area contributed by atoms with Crippen molar-refractivity contribution in [1.29, 1.82) is 0 Å². The minimum atomic E-state index is -3.95. The van der Waals surface area contributed by atoms with E-state index in [1.54, 1.807) is 6.92 Å². The number of carbonyl (C=O) groups is 1. The van der Waals surface area contributed by atoms with Gasteiger partial charge in [0, 0.05) is 19.6 Å². The van der Waals surface area contributed by atoms with E-state index in [1.807, 2.05) is 0 Å². The Bertz CT molecular complexity index is 845. The molecule has 0 saturated carbocycles. The van der Waals surface area contributed by atoms with E-state index < -0.39 is 32.6 Å². The lowest BCUT2D eigenvalue weighted by Gasteiger charge is -2.26. The van der Waals surface area contributed by atoms with Crippen molar-refractivity contribution in [1.82, 2.24) is 8.61 Å². The molecule has 152 valence electrons. The third-order valence-electron chi connectivity index (χ3n) is 4.08. The first-order valence-electron chi connectivity index (χ1n) is 8.48. The lowest BCUT2D eigenvalue weighted by Crippen LogP contribution is -2.40. The van der Waals surface area contributed by atoms with Crippen molar-refractivity contribution in [2.24, 2.45) is 0 Å². The molecular formula is C16H24N2O7S2. The molecule has 0 unspecified atom stereocenters. The Morgan fingerprint density at radius 1 is 1.11 bits per heavy atom. The maximum absolute atomic E-state index is 12.8. The van der Waals surface area contributed by atoms with Crippen molar-refractivity contribution in [2.75, 3.05) is 46.5 Å². The SMILES string of the molecule is CCCN(CC(=O)OC)S(=O)(=O)c1ccc(S(=O)(=O)N2CCOCC2)cc1. The lowest BCUT2D eigenvalue weighted by atomic mass is 10.4. The van der Waals surface area contributed by atoms with E-state index in [4.69, 9.17) is 4.74 Å². The molecule has 0 bridgehead atoms. The Hall–Kier alpha value is -1.53. The summed E-state index contributed by atoms with van der Waals surface area (Å²) < 4.78 is 62.8. The van der Waals surface area contributed by atoms with Crippen LogP contribution in [0.4, 0.5) is 0 Å². The van der Waals surface area contributed by atoms with Crippen LogP contribution in [0.25, 0.3) is 0 Å². The van der Waals surface area contributed by atoms with Gasteiger partial charge in [0.15, 0.2) is 0 Å². The van der Waals surface area contributed by atoms with Gasteiger partial charge in [0.1, 0.15) is 6.54 Å². The average Bonchev–Trinajstić information content (AvgIpc) is 2.68.